The summed E-state index contributed by atoms with van der Waals surface area (Å²) in [7, 11) is 0. The Balaban J connectivity index is 3.37. The van der Waals surface area contributed by atoms with Gasteiger partial charge in [-0.05, 0) is 22.0 Å². The minimum Gasteiger partial charge on any atom is -0.258 e. The zero-order chi connectivity index (χ0) is 9.30. The largest absolute Gasteiger partial charge is 0.285 e. The Labute approximate surface area is 91.0 Å². The van der Waals surface area contributed by atoms with Gasteiger partial charge >= 0.3 is 0 Å². The van der Waals surface area contributed by atoms with Crippen molar-refractivity contribution in [2.24, 2.45) is 0 Å². The fourth-order valence-electron chi connectivity index (χ4n) is 0.694. The van der Waals surface area contributed by atoms with Crippen LogP contribution in [-0.4, -0.2) is 4.92 Å². The maximum Gasteiger partial charge on any atom is 0.285 e. The smallest absolute Gasteiger partial charge is 0.258 e. The lowest BCUT2D eigenvalue weighted by atomic mass is 10.3. The number of halogens is 2. The first-order chi connectivity index (χ1) is 5.52. The van der Waals surface area contributed by atoms with Crippen molar-refractivity contribution in [2.75, 3.05) is 0 Å². The van der Waals surface area contributed by atoms with Crippen molar-refractivity contribution >= 4 is 50.2 Å². The van der Waals surface area contributed by atoms with E-state index in [9.17, 15) is 10.1 Å². The lowest BCUT2D eigenvalue weighted by molar-refractivity contribution is -0.386. The van der Waals surface area contributed by atoms with Crippen molar-refractivity contribution in [1.82, 2.24) is 0 Å². The molecule has 6 heteroatoms. The van der Waals surface area contributed by atoms with Gasteiger partial charge in [0, 0.05) is 15.4 Å². The third-order valence-electron chi connectivity index (χ3n) is 1.20. The molecular formula is C6H3Br2NO2S. The fourth-order valence-corrected chi connectivity index (χ4v) is 1.94. The van der Waals surface area contributed by atoms with Gasteiger partial charge in [0.1, 0.15) is 4.47 Å². The molecule has 0 atom stereocenters. The summed E-state index contributed by atoms with van der Waals surface area (Å²) in [5, 5.41) is 10.4. The number of nitro groups is 1. The summed E-state index contributed by atoms with van der Waals surface area (Å²) in [6, 6.07) is 3.10. The quantitative estimate of drug-likeness (QED) is 0.490. The molecule has 0 unspecified atom stereocenters. The summed E-state index contributed by atoms with van der Waals surface area (Å²) < 4.78 is 1.04. The summed E-state index contributed by atoms with van der Waals surface area (Å²) in [6.07, 6.45) is 0. The SMILES string of the molecule is O=[N+]([O-])c1cc(Br)cc(S)c1Br. The molecule has 0 radical (unpaired) electrons. The molecule has 0 N–H and O–H groups in total. The molecule has 0 saturated heterocycles. The highest BCUT2D eigenvalue weighted by Gasteiger charge is 2.14. The van der Waals surface area contributed by atoms with E-state index in [1.165, 1.54) is 6.07 Å². The number of thiol groups is 1. The zero-order valence-corrected chi connectivity index (χ0v) is 9.69. The topological polar surface area (TPSA) is 43.1 Å². The molecule has 0 spiro atoms. The monoisotopic (exact) mass is 311 g/mol. The van der Waals surface area contributed by atoms with Crippen LogP contribution in [0.15, 0.2) is 26.0 Å². The predicted molar refractivity (Wildman–Crippen MR) is 55.7 cm³/mol. The second-order valence-electron chi connectivity index (χ2n) is 2.02. The van der Waals surface area contributed by atoms with E-state index in [1.807, 2.05) is 0 Å². The number of hydrogen-bond acceptors (Lipinski definition) is 3. The molecule has 0 heterocycles. The van der Waals surface area contributed by atoms with Crippen LogP contribution >= 0.6 is 44.5 Å². The zero-order valence-electron chi connectivity index (χ0n) is 5.62. The van der Waals surface area contributed by atoms with E-state index in [0.29, 0.717) is 13.8 Å². The number of benzene rings is 1. The van der Waals surface area contributed by atoms with E-state index < -0.39 is 4.92 Å². The van der Waals surface area contributed by atoms with Gasteiger partial charge in [0.25, 0.3) is 5.69 Å². The van der Waals surface area contributed by atoms with Crippen LogP contribution in [0.1, 0.15) is 0 Å². The Morgan fingerprint density at radius 3 is 2.50 bits per heavy atom. The Bertz CT molecular complexity index is 343. The van der Waals surface area contributed by atoms with E-state index in [2.05, 4.69) is 44.5 Å². The van der Waals surface area contributed by atoms with Crippen LogP contribution in [0.5, 0.6) is 0 Å². The van der Waals surface area contributed by atoms with Crippen molar-refractivity contribution in [1.29, 1.82) is 0 Å². The molecule has 12 heavy (non-hydrogen) atoms. The van der Waals surface area contributed by atoms with E-state index >= 15 is 0 Å². The van der Waals surface area contributed by atoms with Crippen molar-refractivity contribution in [3.8, 4) is 0 Å². The number of nitrogens with zero attached hydrogens (tertiary/aromatic N) is 1. The lowest BCUT2D eigenvalue weighted by Crippen LogP contribution is -1.89. The molecular weight excluding hydrogens is 310 g/mol. The maximum absolute atomic E-state index is 10.4. The standard InChI is InChI=1S/C6H3Br2NO2S/c7-3-1-4(9(10)11)6(8)5(12)2-3/h1-2,12H. The Morgan fingerprint density at radius 1 is 1.42 bits per heavy atom. The molecule has 0 bridgehead atoms. The van der Waals surface area contributed by atoms with E-state index in [1.54, 1.807) is 6.07 Å². The molecule has 1 aromatic carbocycles. The highest BCUT2D eigenvalue weighted by atomic mass is 79.9. The van der Waals surface area contributed by atoms with Gasteiger partial charge in [0.05, 0.1) is 4.92 Å². The van der Waals surface area contributed by atoms with E-state index in [4.69, 9.17) is 0 Å². The average Bonchev–Trinajstić information content (AvgIpc) is 1.96. The van der Waals surface area contributed by atoms with Gasteiger partial charge in [0.15, 0.2) is 0 Å². The predicted octanol–water partition coefficient (Wildman–Crippen LogP) is 3.41. The Morgan fingerprint density at radius 2 is 2.00 bits per heavy atom. The van der Waals surface area contributed by atoms with Gasteiger partial charge < -0.3 is 0 Å². The molecule has 0 aliphatic rings. The van der Waals surface area contributed by atoms with Gasteiger partial charge in [-0.2, -0.15) is 0 Å². The molecule has 0 aliphatic heterocycles. The van der Waals surface area contributed by atoms with Crippen LogP contribution in [0.4, 0.5) is 5.69 Å². The molecule has 0 saturated carbocycles. The number of nitro benzene ring substituents is 1. The van der Waals surface area contributed by atoms with Crippen molar-refractivity contribution < 1.29 is 4.92 Å². The van der Waals surface area contributed by atoms with Crippen LogP contribution in [0.3, 0.4) is 0 Å². The molecule has 0 fully saturated rings. The minimum atomic E-state index is -0.464. The second-order valence-corrected chi connectivity index (χ2v) is 4.21. The maximum atomic E-state index is 10.4. The summed E-state index contributed by atoms with van der Waals surface area (Å²) >= 11 is 10.3. The van der Waals surface area contributed by atoms with Crippen molar-refractivity contribution in [2.45, 2.75) is 4.90 Å². The van der Waals surface area contributed by atoms with Gasteiger partial charge in [-0.3, -0.25) is 10.1 Å². The fraction of sp³-hybridized carbons (Fsp3) is 0. The minimum absolute atomic E-state index is 0.00868. The second kappa shape index (κ2) is 3.76. The van der Waals surface area contributed by atoms with E-state index in [-0.39, 0.29) is 5.69 Å². The molecule has 0 aromatic heterocycles. The first kappa shape index (κ1) is 10.0. The molecule has 64 valence electrons. The van der Waals surface area contributed by atoms with Crippen LogP contribution in [0, 0.1) is 10.1 Å². The summed E-state index contributed by atoms with van der Waals surface area (Å²) in [5.41, 5.74) is 0.00868. The first-order valence-corrected chi connectivity index (χ1v) is 4.88. The van der Waals surface area contributed by atoms with Gasteiger partial charge in [-0.1, -0.05) is 15.9 Å². The average molecular weight is 313 g/mol. The molecule has 3 nitrogen and oxygen atoms in total. The van der Waals surface area contributed by atoms with Crippen molar-refractivity contribution in [3.05, 3.63) is 31.2 Å². The van der Waals surface area contributed by atoms with Crippen LogP contribution in [0.2, 0.25) is 0 Å². The normalized spacial score (nSPS) is 9.92. The van der Waals surface area contributed by atoms with Gasteiger partial charge in [-0.25, -0.2) is 0 Å². The Kier molecular flexibility index (Phi) is 3.14. The molecule has 0 aliphatic carbocycles. The van der Waals surface area contributed by atoms with Gasteiger partial charge in [0.2, 0.25) is 0 Å². The Hall–Kier alpha value is -0.0700. The summed E-state index contributed by atoms with van der Waals surface area (Å²) in [5.74, 6) is 0. The van der Waals surface area contributed by atoms with Crippen LogP contribution < -0.4 is 0 Å². The first-order valence-electron chi connectivity index (χ1n) is 2.85. The van der Waals surface area contributed by atoms with Gasteiger partial charge in [-0.15, -0.1) is 12.6 Å². The molecule has 1 rings (SSSR count). The highest BCUT2D eigenvalue weighted by molar-refractivity contribution is 9.11. The number of hydrogen-bond donors (Lipinski definition) is 1. The van der Waals surface area contributed by atoms with Crippen LogP contribution in [-0.2, 0) is 0 Å². The summed E-state index contributed by atoms with van der Waals surface area (Å²) in [6.45, 7) is 0. The third-order valence-corrected chi connectivity index (χ3v) is 3.15. The van der Waals surface area contributed by atoms with Crippen LogP contribution in [0.25, 0.3) is 0 Å². The lowest BCUT2D eigenvalue weighted by Gasteiger charge is -1.99. The molecule has 0 amide bonds. The highest BCUT2D eigenvalue weighted by Crippen LogP contribution is 2.33. The number of rotatable bonds is 1. The molecule has 1 aromatic rings. The van der Waals surface area contributed by atoms with E-state index in [0.717, 1.165) is 0 Å². The third kappa shape index (κ3) is 1.99. The van der Waals surface area contributed by atoms with Crippen molar-refractivity contribution in [3.63, 3.8) is 0 Å². The summed E-state index contributed by atoms with van der Waals surface area (Å²) in [4.78, 5) is 10.5.